The number of hydrogen-bond acceptors (Lipinski definition) is 6. The summed E-state index contributed by atoms with van der Waals surface area (Å²) in [7, 11) is 0. The molecular weight excluding hydrogens is 376 g/mol. The molecule has 0 saturated heterocycles. The second-order valence-corrected chi connectivity index (χ2v) is 8.59. The zero-order valence-corrected chi connectivity index (χ0v) is 16.6. The number of rotatable bonds is 4. The van der Waals surface area contributed by atoms with Crippen LogP contribution in [0.5, 0.6) is 5.75 Å². The van der Waals surface area contributed by atoms with Crippen LogP contribution < -0.4 is 0 Å². The van der Waals surface area contributed by atoms with Crippen LogP contribution in [-0.2, 0) is 4.79 Å². The standard InChI is InChI=1S/C21H22N2O4S/c1-11-20(28-12(2)22-11)18(25)16-17(13-6-5-9-15(24)10-13)23(21(27)19(16)26)14-7-3-4-8-14/h5-6,9-10,14,17,24,26H,3-4,7-8H2,1-2H3. The average Bonchev–Trinajstić information content (AvgIpc) is 3.34. The largest absolute Gasteiger partial charge is 0.508 e. The van der Waals surface area contributed by atoms with Gasteiger partial charge in [-0.15, -0.1) is 11.3 Å². The molecule has 1 unspecified atom stereocenters. The van der Waals surface area contributed by atoms with Crippen molar-refractivity contribution in [3.8, 4) is 5.75 Å². The molecule has 7 heteroatoms. The summed E-state index contributed by atoms with van der Waals surface area (Å²) in [4.78, 5) is 32.7. The fourth-order valence-corrected chi connectivity index (χ4v) is 5.17. The van der Waals surface area contributed by atoms with Gasteiger partial charge < -0.3 is 15.1 Å². The number of carbonyl (C=O) groups excluding carboxylic acids is 2. The second-order valence-electron chi connectivity index (χ2n) is 7.39. The van der Waals surface area contributed by atoms with Gasteiger partial charge in [-0.3, -0.25) is 9.59 Å². The third kappa shape index (κ3) is 2.99. The molecule has 2 N–H and O–H groups in total. The Morgan fingerprint density at radius 3 is 2.54 bits per heavy atom. The molecule has 1 amide bonds. The lowest BCUT2D eigenvalue weighted by molar-refractivity contribution is -0.131. The smallest absolute Gasteiger partial charge is 0.290 e. The zero-order chi connectivity index (χ0) is 20.0. The molecule has 1 saturated carbocycles. The number of ketones is 1. The number of Topliss-reactive ketones (excluding diaryl/α,β-unsaturated/α-hetero) is 1. The Morgan fingerprint density at radius 2 is 1.93 bits per heavy atom. The van der Waals surface area contributed by atoms with Crippen LogP contribution >= 0.6 is 11.3 Å². The van der Waals surface area contributed by atoms with Crippen LogP contribution in [0.4, 0.5) is 0 Å². The zero-order valence-electron chi connectivity index (χ0n) is 15.8. The van der Waals surface area contributed by atoms with E-state index in [0.717, 1.165) is 30.7 Å². The van der Waals surface area contributed by atoms with Gasteiger partial charge in [0.25, 0.3) is 5.91 Å². The molecule has 1 aromatic heterocycles. The number of benzene rings is 1. The molecule has 2 heterocycles. The molecule has 1 aliphatic heterocycles. The maximum atomic E-state index is 13.4. The predicted molar refractivity (Wildman–Crippen MR) is 106 cm³/mol. The molecule has 28 heavy (non-hydrogen) atoms. The van der Waals surface area contributed by atoms with E-state index in [1.165, 1.54) is 11.3 Å². The van der Waals surface area contributed by atoms with Crippen LogP contribution in [0, 0.1) is 13.8 Å². The first-order chi connectivity index (χ1) is 13.4. The van der Waals surface area contributed by atoms with E-state index in [9.17, 15) is 19.8 Å². The van der Waals surface area contributed by atoms with E-state index in [4.69, 9.17) is 0 Å². The van der Waals surface area contributed by atoms with Crippen molar-refractivity contribution in [1.82, 2.24) is 9.88 Å². The highest BCUT2D eigenvalue weighted by Gasteiger charge is 2.47. The fourth-order valence-electron chi connectivity index (χ4n) is 4.30. The number of aliphatic hydroxyl groups is 1. The molecule has 1 aliphatic carbocycles. The summed E-state index contributed by atoms with van der Waals surface area (Å²) in [5.41, 5.74) is 1.29. The SMILES string of the molecule is Cc1nc(C)c(C(=O)C2=C(O)C(=O)N(C3CCCC3)C2c2cccc(O)c2)s1. The van der Waals surface area contributed by atoms with Crippen LogP contribution in [0.3, 0.4) is 0 Å². The molecule has 0 radical (unpaired) electrons. The first-order valence-corrected chi connectivity index (χ1v) is 10.2. The number of aryl methyl sites for hydroxylation is 2. The van der Waals surface area contributed by atoms with E-state index in [-0.39, 0.29) is 23.1 Å². The minimum absolute atomic E-state index is 0.0309. The summed E-state index contributed by atoms with van der Waals surface area (Å²) >= 11 is 1.26. The topological polar surface area (TPSA) is 90.7 Å². The van der Waals surface area contributed by atoms with E-state index in [0.29, 0.717) is 16.1 Å². The van der Waals surface area contributed by atoms with Gasteiger partial charge in [-0.1, -0.05) is 25.0 Å². The number of phenols is 1. The first kappa shape index (κ1) is 18.7. The van der Waals surface area contributed by atoms with E-state index in [1.54, 1.807) is 36.1 Å². The molecule has 146 valence electrons. The lowest BCUT2D eigenvalue weighted by Crippen LogP contribution is -2.38. The number of nitrogens with zero attached hydrogens (tertiary/aromatic N) is 2. The Morgan fingerprint density at radius 1 is 1.21 bits per heavy atom. The summed E-state index contributed by atoms with van der Waals surface area (Å²) in [6.07, 6.45) is 3.71. The quantitative estimate of drug-likeness (QED) is 0.760. The molecule has 1 fully saturated rings. The summed E-state index contributed by atoms with van der Waals surface area (Å²) in [6, 6.07) is 5.81. The van der Waals surface area contributed by atoms with Crippen molar-refractivity contribution in [1.29, 1.82) is 0 Å². The number of thiazole rings is 1. The van der Waals surface area contributed by atoms with Crippen molar-refractivity contribution in [2.75, 3.05) is 0 Å². The Kier molecular flexibility index (Phi) is 4.71. The Labute approximate surface area is 167 Å². The maximum Gasteiger partial charge on any atom is 0.290 e. The number of amides is 1. The number of aliphatic hydroxyl groups excluding tert-OH is 1. The van der Waals surface area contributed by atoms with Crippen LogP contribution in [-0.4, -0.2) is 37.8 Å². The van der Waals surface area contributed by atoms with Crippen molar-refractivity contribution in [3.63, 3.8) is 0 Å². The van der Waals surface area contributed by atoms with Crippen LogP contribution in [0.15, 0.2) is 35.6 Å². The normalized spacial score (nSPS) is 20.4. The highest BCUT2D eigenvalue weighted by molar-refractivity contribution is 7.14. The summed E-state index contributed by atoms with van der Waals surface area (Å²) in [5.74, 6) is -1.32. The van der Waals surface area contributed by atoms with E-state index in [2.05, 4.69) is 4.98 Å². The molecule has 1 atom stereocenters. The van der Waals surface area contributed by atoms with Gasteiger partial charge in [0.2, 0.25) is 5.78 Å². The Balaban J connectivity index is 1.85. The average molecular weight is 398 g/mol. The van der Waals surface area contributed by atoms with E-state index < -0.39 is 17.7 Å². The first-order valence-electron chi connectivity index (χ1n) is 9.42. The molecule has 2 aliphatic rings. The summed E-state index contributed by atoms with van der Waals surface area (Å²) < 4.78 is 0. The van der Waals surface area contributed by atoms with E-state index >= 15 is 0 Å². The Bertz CT molecular complexity index is 988. The molecular formula is C21H22N2O4S. The van der Waals surface area contributed by atoms with Crippen molar-refractivity contribution in [2.24, 2.45) is 0 Å². The number of hydrogen-bond donors (Lipinski definition) is 2. The lowest BCUT2D eigenvalue weighted by atomic mass is 9.94. The van der Waals surface area contributed by atoms with Gasteiger partial charge in [0.1, 0.15) is 5.75 Å². The maximum absolute atomic E-state index is 13.4. The van der Waals surface area contributed by atoms with E-state index in [1.807, 2.05) is 6.92 Å². The minimum Gasteiger partial charge on any atom is -0.508 e. The van der Waals surface area contributed by atoms with Gasteiger partial charge in [0, 0.05) is 6.04 Å². The third-order valence-corrected chi connectivity index (χ3v) is 6.57. The molecule has 1 aromatic carbocycles. The van der Waals surface area contributed by atoms with Gasteiger partial charge in [-0.25, -0.2) is 4.98 Å². The van der Waals surface area contributed by atoms with Gasteiger partial charge in [0.05, 0.1) is 27.2 Å². The highest BCUT2D eigenvalue weighted by Crippen LogP contribution is 2.44. The number of phenolic OH excluding ortho intramolecular Hbond substituents is 1. The fraction of sp³-hybridized carbons (Fsp3) is 0.381. The third-order valence-electron chi connectivity index (χ3n) is 5.50. The van der Waals surface area contributed by atoms with Gasteiger partial charge in [0.15, 0.2) is 5.76 Å². The van der Waals surface area contributed by atoms with Crippen molar-refractivity contribution in [2.45, 2.75) is 51.6 Å². The van der Waals surface area contributed by atoms with Crippen LogP contribution in [0.2, 0.25) is 0 Å². The van der Waals surface area contributed by atoms with Crippen LogP contribution in [0.1, 0.15) is 57.7 Å². The molecule has 0 bridgehead atoms. The Hall–Kier alpha value is -2.67. The summed E-state index contributed by atoms with van der Waals surface area (Å²) in [6.45, 7) is 3.57. The van der Waals surface area contributed by atoms with Crippen molar-refractivity contribution in [3.05, 3.63) is 56.7 Å². The number of aromatic hydroxyl groups is 1. The lowest BCUT2D eigenvalue weighted by Gasteiger charge is -2.32. The summed E-state index contributed by atoms with van der Waals surface area (Å²) in [5, 5.41) is 21.4. The minimum atomic E-state index is -0.711. The van der Waals surface area contributed by atoms with Crippen molar-refractivity contribution < 1.29 is 19.8 Å². The predicted octanol–water partition coefficient (Wildman–Crippen LogP) is 3.99. The second kappa shape index (κ2) is 7.05. The number of carbonyl (C=O) groups is 2. The monoisotopic (exact) mass is 398 g/mol. The van der Waals surface area contributed by atoms with Gasteiger partial charge in [-0.2, -0.15) is 0 Å². The number of aromatic nitrogens is 1. The molecule has 6 nitrogen and oxygen atoms in total. The highest BCUT2D eigenvalue weighted by atomic mass is 32.1. The molecule has 0 spiro atoms. The van der Waals surface area contributed by atoms with Gasteiger partial charge >= 0.3 is 0 Å². The molecule has 2 aromatic rings. The van der Waals surface area contributed by atoms with Crippen LogP contribution in [0.25, 0.3) is 0 Å². The molecule has 4 rings (SSSR count). The van der Waals surface area contributed by atoms with Crippen molar-refractivity contribution >= 4 is 23.0 Å². The van der Waals surface area contributed by atoms with Gasteiger partial charge in [-0.05, 0) is 44.4 Å².